The van der Waals surface area contributed by atoms with Crippen LogP contribution in [0.5, 0.6) is 0 Å². The molecule has 3 nitrogen and oxygen atoms in total. The Labute approximate surface area is 94.6 Å². The van der Waals surface area contributed by atoms with Crippen LogP contribution >= 0.6 is 0 Å². The molecule has 1 atom stereocenters. The Balaban J connectivity index is 2.14. The second-order valence-electron chi connectivity index (χ2n) is 4.99. The van der Waals surface area contributed by atoms with Crippen LogP contribution in [0.15, 0.2) is 0 Å². The first kappa shape index (κ1) is 12.9. The van der Waals surface area contributed by atoms with Crippen molar-refractivity contribution in [2.75, 3.05) is 33.7 Å². The third kappa shape index (κ3) is 4.49. The van der Waals surface area contributed by atoms with E-state index >= 15 is 0 Å². The molecular weight excluding hydrogens is 186 g/mol. The molecule has 1 aliphatic heterocycles. The van der Waals surface area contributed by atoms with E-state index < -0.39 is 0 Å². The predicted octanol–water partition coefficient (Wildman–Crippen LogP) is 1.14. The van der Waals surface area contributed by atoms with Crippen molar-refractivity contribution in [3.8, 4) is 0 Å². The zero-order valence-corrected chi connectivity index (χ0v) is 10.6. The van der Waals surface area contributed by atoms with Crippen LogP contribution in [0.2, 0.25) is 0 Å². The van der Waals surface area contributed by atoms with Crippen molar-refractivity contribution in [1.29, 1.82) is 0 Å². The van der Waals surface area contributed by atoms with E-state index in [1.54, 1.807) is 0 Å². The smallest absolute Gasteiger partial charge is 0.0113 e. The molecule has 0 amide bonds. The van der Waals surface area contributed by atoms with Crippen LogP contribution < -0.4 is 5.73 Å². The second kappa shape index (κ2) is 6.46. The summed E-state index contributed by atoms with van der Waals surface area (Å²) in [6, 6.07) is 1.19. The molecule has 0 saturated carbocycles. The predicted molar refractivity (Wildman–Crippen MR) is 66.0 cm³/mol. The molecule has 15 heavy (non-hydrogen) atoms. The van der Waals surface area contributed by atoms with Gasteiger partial charge in [-0.3, -0.25) is 0 Å². The molecule has 0 aliphatic carbocycles. The van der Waals surface area contributed by atoms with Crippen LogP contribution in [0.25, 0.3) is 0 Å². The fourth-order valence-corrected chi connectivity index (χ4v) is 2.21. The van der Waals surface area contributed by atoms with E-state index in [-0.39, 0.29) is 0 Å². The molecule has 0 aromatic rings. The number of likely N-dealkylation sites (tertiary alicyclic amines) is 1. The van der Waals surface area contributed by atoms with Crippen LogP contribution in [-0.2, 0) is 0 Å². The SMILES string of the molecule is CCC(N)CCN1CCC(N(C)C)CC1. The highest BCUT2D eigenvalue weighted by Crippen LogP contribution is 2.14. The summed E-state index contributed by atoms with van der Waals surface area (Å²) in [5, 5.41) is 0. The molecule has 1 rings (SSSR count). The van der Waals surface area contributed by atoms with Gasteiger partial charge in [0.2, 0.25) is 0 Å². The Morgan fingerprint density at radius 3 is 2.40 bits per heavy atom. The van der Waals surface area contributed by atoms with Gasteiger partial charge in [0.05, 0.1) is 0 Å². The number of piperidine rings is 1. The topological polar surface area (TPSA) is 32.5 Å². The van der Waals surface area contributed by atoms with Crippen LogP contribution in [0.1, 0.15) is 32.6 Å². The summed E-state index contributed by atoms with van der Waals surface area (Å²) < 4.78 is 0. The standard InChI is InChI=1S/C12H27N3/c1-4-11(13)5-8-15-9-6-12(7-10-15)14(2)3/h11-12H,4-10,13H2,1-3H3. The van der Waals surface area contributed by atoms with Gasteiger partial charge in [-0.25, -0.2) is 0 Å². The first-order chi connectivity index (χ1) is 7.13. The van der Waals surface area contributed by atoms with Crippen molar-refractivity contribution in [1.82, 2.24) is 9.80 Å². The Hall–Kier alpha value is -0.120. The molecule has 1 saturated heterocycles. The lowest BCUT2D eigenvalue weighted by atomic mass is 10.0. The average Bonchev–Trinajstić information content (AvgIpc) is 2.26. The van der Waals surface area contributed by atoms with E-state index in [0.717, 1.165) is 18.9 Å². The van der Waals surface area contributed by atoms with Crippen molar-refractivity contribution in [2.45, 2.75) is 44.7 Å². The molecule has 2 N–H and O–H groups in total. The zero-order chi connectivity index (χ0) is 11.3. The van der Waals surface area contributed by atoms with Gasteiger partial charge in [0.15, 0.2) is 0 Å². The quantitative estimate of drug-likeness (QED) is 0.743. The van der Waals surface area contributed by atoms with Gasteiger partial charge in [-0.05, 0) is 59.4 Å². The summed E-state index contributed by atoms with van der Waals surface area (Å²) in [6.45, 7) is 5.86. The number of hydrogen-bond acceptors (Lipinski definition) is 3. The highest BCUT2D eigenvalue weighted by atomic mass is 15.2. The number of nitrogens with zero attached hydrogens (tertiary/aromatic N) is 2. The zero-order valence-electron chi connectivity index (χ0n) is 10.6. The minimum Gasteiger partial charge on any atom is -0.328 e. The van der Waals surface area contributed by atoms with Gasteiger partial charge in [0.1, 0.15) is 0 Å². The Bertz CT molecular complexity index is 162. The van der Waals surface area contributed by atoms with E-state index in [2.05, 4.69) is 30.8 Å². The van der Waals surface area contributed by atoms with Crippen molar-refractivity contribution >= 4 is 0 Å². The molecule has 0 aromatic heterocycles. The lowest BCUT2D eigenvalue weighted by molar-refractivity contribution is 0.142. The van der Waals surface area contributed by atoms with Gasteiger partial charge in [0.25, 0.3) is 0 Å². The number of hydrogen-bond donors (Lipinski definition) is 1. The average molecular weight is 213 g/mol. The first-order valence-electron chi connectivity index (χ1n) is 6.27. The van der Waals surface area contributed by atoms with Crippen molar-refractivity contribution in [2.24, 2.45) is 5.73 Å². The van der Waals surface area contributed by atoms with Crippen LogP contribution in [-0.4, -0.2) is 55.6 Å². The molecule has 0 spiro atoms. The van der Waals surface area contributed by atoms with Gasteiger partial charge in [-0.2, -0.15) is 0 Å². The monoisotopic (exact) mass is 213 g/mol. The molecule has 3 heteroatoms. The first-order valence-corrected chi connectivity index (χ1v) is 6.27. The summed E-state index contributed by atoms with van der Waals surface area (Å²) in [5.74, 6) is 0. The van der Waals surface area contributed by atoms with Gasteiger partial charge < -0.3 is 15.5 Å². The minimum atomic E-state index is 0.400. The van der Waals surface area contributed by atoms with E-state index in [4.69, 9.17) is 5.73 Å². The third-order valence-electron chi connectivity index (χ3n) is 3.63. The van der Waals surface area contributed by atoms with Crippen LogP contribution in [0, 0.1) is 0 Å². The van der Waals surface area contributed by atoms with Gasteiger partial charge >= 0.3 is 0 Å². The Kier molecular flexibility index (Phi) is 5.58. The van der Waals surface area contributed by atoms with Crippen molar-refractivity contribution in [3.05, 3.63) is 0 Å². The van der Waals surface area contributed by atoms with E-state index in [0.29, 0.717) is 6.04 Å². The lowest BCUT2D eigenvalue weighted by Gasteiger charge is -2.35. The van der Waals surface area contributed by atoms with E-state index in [1.165, 1.54) is 32.5 Å². The molecule has 1 fully saturated rings. The fraction of sp³-hybridized carbons (Fsp3) is 1.00. The maximum Gasteiger partial charge on any atom is 0.0113 e. The Morgan fingerprint density at radius 1 is 1.33 bits per heavy atom. The van der Waals surface area contributed by atoms with Crippen LogP contribution in [0.3, 0.4) is 0 Å². The molecule has 1 unspecified atom stereocenters. The molecule has 90 valence electrons. The largest absolute Gasteiger partial charge is 0.328 e. The number of rotatable bonds is 5. The minimum absolute atomic E-state index is 0.400. The Morgan fingerprint density at radius 2 is 1.93 bits per heavy atom. The second-order valence-corrected chi connectivity index (χ2v) is 4.99. The lowest BCUT2D eigenvalue weighted by Crippen LogP contribution is -2.43. The molecule has 0 radical (unpaired) electrons. The third-order valence-corrected chi connectivity index (χ3v) is 3.63. The summed E-state index contributed by atoms with van der Waals surface area (Å²) in [4.78, 5) is 4.92. The molecular formula is C12H27N3. The fourth-order valence-electron chi connectivity index (χ4n) is 2.21. The maximum atomic E-state index is 5.93. The summed E-state index contributed by atoms with van der Waals surface area (Å²) in [5.41, 5.74) is 5.93. The molecule has 0 aromatic carbocycles. The summed E-state index contributed by atoms with van der Waals surface area (Å²) >= 11 is 0. The number of nitrogens with two attached hydrogens (primary N) is 1. The van der Waals surface area contributed by atoms with Crippen molar-refractivity contribution in [3.63, 3.8) is 0 Å². The van der Waals surface area contributed by atoms with Crippen molar-refractivity contribution < 1.29 is 0 Å². The molecule has 1 aliphatic rings. The highest BCUT2D eigenvalue weighted by molar-refractivity contribution is 4.77. The normalized spacial score (nSPS) is 22.2. The maximum absolute atomic E-state index is 5.93. The van der Waals surface area contributed by atoms with Gasteiger partial charge in [-0.15, -0.1) is 0 Å². The summed E-state index contributed by atoms with van der Waals surface area (Å²) in [7, 11) is 4.38. The van der Waals surface area contributed by atoms with Gasteiger partial charge in [0, 0.05) is 12.1 Å². The van der Waals surface area contributed by atoms with E-state index in [1.807, 2.05) is 0 Å². The molecule has 1 heterocycles. The summed E-state index contributed by atoms with van der Waals surface area (Å²) in [6.07, 6.45) is 4.89. The van der Waals surface area contributed by atoms with Gasteiger partial charge in [-0.1, -0.05) is 6.92 Å². The highest BCUT2D eigenvalue weighted by Gasteiger charge is 2.20. The molecule has 0 bridgehead atoms. The van der Waals surface area contributed by atoms with E-state index in [9.17, 15) is 0 Å². The van der Waals surface area contributed by atoms with Crippen LogP contribution in [0.4, 0.5) is 0 Å².